The average molecular weight is 497 g/mol. The van der Waals surface area contributed by atoms with Gasteiger partial charge in [-0.15, -0.1) is 0 Å². The highest BCUT2D eigenvalue weighted by atomic mass is 35.5. The largest absolute Gasteiger partial charge is 0.290 e. The van der Waals surface area contributed by atoms with Crippen molar-refractivity contribution in [1.29, 1.82) is 0 Å². The van der Waals surface area contributed by atoms with Crippen LogP contribution in [-0.2, 0) is 10.0 Å². The molecule has 3 aromatic rings. The summed E-state index contributed by atoms with van der Waals surface area (Å²) in [6.45, 7) is 1.28. The van der Waals surface area contributed by atoms with Gasteiger partial charge in [-0.1, -0.05) is 53.5 Å². The molecule has 0 atom stereocenters. The van der Waals surface area contributed by atoms with Crippen molar-refractivity contribution in [2.45, 2.75) is 10.9 Å². The van der Waals surface area contributed by atoms with Gasteiger partial charge in [0.2, 0.25) is 10.0 Å². The molecule has 0 aliphatic carbocycles. The molecule has 0 N–H and O–H groups in total. The molecule has 0 bridgehead atoms. The third-order valence-corrected chi connectivity index (χ3v) is 8.38. The van der Waals surface area contributed by atoms with E-state index < -0.39 is 10.0 Å². The van der Waals surface area contributed by atoms with Gasteiger partial charge in [0, 0.05) is 26.2 Å². The van der Waals surface area contributed by atoms with Crippen molar-refractivity contribution < 1.29 is 17.2 Å². The predicted molar refractivity (Wildman–Crippen MR) is 121 cm³/mol. The number of piperazine rings is 1. The summed E-state index contributed by atoms with van der Waals surface area (Å²) in [7, 11) is -3.87. The molecular formula is C23H20Cl2F2N2O2S. The van der Waals surface area contributed by atoms with Gasteiger partial charge < -0.3 is 0 Å². The van der Waals surface area contributed by atoms with E-state index in [4.69, 9.17) is 23.2 Å². The Bertz CT molecular complexity index is 1130. The molecule has 0 amide bonds. The first-order valence-electron chi connectivity index (χ1n) is 9.96. The summed E-state index contributed by atoms with van der Waals surface area (Å²) in [5, 5.41) is 0.158. The van der Waals surface area contributed by atoms with Crippen molar-refractivity contribution in [3.63, 3.8) is 0 Å². The van der Waals surface area contributed by atoms with Crippen LogP contribution in [0.25, 0.3) is 0 Å². The minimum Gasteiger partial charge on any atom is -0.290 e. The van der Waals surface area contributed by atoms with Crippen LogP contribution < -0.4 is 0 Å². The lowest BCUT2D eigenvalue weighted by atomic mass is 9.96. The van der Waals surface area contributed by atoms with Crippen LogP contribution in [0, 0.1) is 11.6 Å². The fourth-order valence-corrected chi connectivity index (χ4v) is 6.48. The van der Waals surface area contributed by atoms with Crippen LogP contribution in [0.5, 0.6) is 0 Å². The number of rotatable bonds is 5. The third kappa shape index (κ3) is 4.67. The van der Waals surface area contributed by atoms with Crippen molar-refractivity contribution in [1.82, 2.24) is 9.21 Å². The monoisotopic (exact) mass is 496 g/mol. The molecule has 1 heterocycles. The van der Waals surface area contributed by atoms with E-state index in [2.05, 4.69) is 4.90 Å². The van der Waals surface area contributed by atoms with Crippen LogP contribution in [0.15, 0.2) is 71.6 Å². The molecule has 0 saturated carbocycles. The van der Waals surface area contributed by atoms with Gasteiger partial charge in [0.25, 0.3) is 0 Å². The lowest BCUT2D eigenvalue weighted by Gasteiger charge is -2.39. The standard InChI is InChI=1S/C23H20Cl2F2N2O2S/c24-20-2-1-3-21(25)23(20)32(30,31)29-14-12-28(13-15-29)22(16-4-8-18(26)9-5-16)17-6-10-19(27)11-7-17/h1-11,22H,12-15H2. The zero-order valence-electron chi connectivity index (χ0n) is 16.9. The van der Waals surface area contributed by atoms with Gasteiger partial charge in [-0.05, 0) is 47.5 Å². The highest BCUT2D eigenvalue weighted by molar-refractivity contribution is 7.89. The molecule has 0 unspecified atom stereocenters. The molecule has 9 heteroatoms. The van der Waals surface area contributed by atoms with Gasteiger partial charge >= 0.3 is 0 Å². The van der Waals surface area contributed by atoms with Gasteiger partial charge in [-0.25, -0.2) is 17.2 Å². The Morgan fingerprint density at radius 1 is 0.719 bits per heavy atom. The van der Waals surface area contributed by atoms with Gasteiger partial charge in [0.05, 0.1) is 16.1 Å². The van der Waals surface area contributed by atoms with Gasteiger partial charge in [-0.2, -0.15) is 4.31 Å². The number of halogens is 4. The second-order valence-electron chi connectivity index (χ2n) is 7.50. The van der Waals surface area contributed by atoms with Crippen molar-refractivity contribution >= 4 is 33.2 Å². The number of hydrogen-bond acceptors (Lipinski definition) is 3. The maximum atomic E-state index is 13.5. The van der Waals surface area contributed by atoms with E-state index in [1.54, 1.807) is 30.3 Å². The Hall–Kier alpha value is -2.03. The topological polar surface area (TPSA) is 40.6 Å². The van der Waals surface area contributed by atoms with Crippen molar-refractivity contribution in [2.24, 2.45) is 0 Å². The molecule has 1 aliphatic heterocycles. The van der Waals surface area contributed by atoms with E-state index in [0.29, 0.717) is 13.1 Å². The molecule has 0 spiro atoms. The fraction of sp³-hybridized carbons (Fsp3) is 0.217. The van der Waals surface area contributed by atoms with Crippen molar-refractivity contribution in [3.05, 3.63) is 99.5 Å². The SMILES string of the molecule is O=S(=O)(c1c(Cl)cccc1Cl)N1CCN(C(c2ccc(F)cc2)c2ccc(F)cc2)CC1. The Morgan fingerprint density at radius 2 is 1.16 bits per heavy atom. The maximum Gasteiger partial charge on any atom is 0.246 e. The molecule has 1 saturated heterocycles. The Kier molecular flexibility index (Phi) is 6.83. The minimum atomic E-state index is -3.87. The van der Waals surface area contributed by atoms with E-state index in [1.165, 1.54) is 40.7 Å². The highest BCUT2D eigenvalue weighted by Crippen LogP contribution is 2.34. The normalized spacial score (nSPS) is 15.9. The van der Waals surface area contributed by atoms with Crippen molar-refractivity contribution in [2.75, 3.05) is 26.2 Å². The predicted octanol–water partition coefficient (Wildman–Crippen LogP) is 5.37. The van der Waals surface area contributed by atoms with Crippen LogP contribution in [0.3, 0.4) is 0 Å². The maximum absolute atomic E-state index is 13.5. The average Bonchev–Trinajstić information content (AvgIpc) is 2.77. The molecule has 32 heavy (non-hydrogen) atoms. The summed E-state index contributed by atoms with van der Waals surface area (Å²) in [4.78, 5) is 2.01. The fourth-order valence-electron chi connectivity index (χ4n) is 3.96. The smallest absolute Gasteiger partial charge is 0.246 e. The Labute approximate surface area is 196 Å². The van der Waals surface area contributed by atoms with Crippen LogP contribution in [0.1, 0.15) is 17.2 Å². The molecule has 168 valence electrons. The zero-order chi connectivity index (χ0) is 22.9. The molecule has 4 nitrogen and oxygen atoms in total. The van der Waals surface area contributed by atoms with Crippen LogP contribution >= 0.6 is 23.2 Å². The number of benzene rings is 3. The summed E-state index contributed by atoms with van der Waals surface area (Å²) in [5.41, 5.74) is 1.67. The van der Waals surface area contributed by atoms with Crippen molar-refractivity contribution in [3.8, 4) is 0 Å². The van der Waals surface area contributed by atoms with E-state index >= 15 is 0 Å². The Morgan fingerprint density at radius 3 is 1.59 bits per heavy atom. The molecule has 3 aromatic carbocycles. The summed E-state index contributed by atoms with van der Waals surface area (Å²) in [5.74, 6) is -0.696. The minimum absolute atomic E-state index is 0.0791. The second-order valence-corrected chi connectivity index (χ2v) is 10.2. The highest BCUT2D eigenvalue weighted by Gasteiger charge is 2.34. The second kappa shape index (κ2) is 9.45. The number of sulfonamides is 1. The van der Waals surface area contributed by atoms with Crippen LogP contribution in [-0.4, -0.2) is 43.8 Å². The molecule has 1 aliphatic rings. The Balaban J connectivity index is 1.60. The first-order chi connectivity index (χ1) is 15.3. The van der Waals surface area contributed by atoms with Gasteiger partial charge in [-0.3, -0.25) is 4.90 Å². The van der Waals surface area contributed by atoms with Gasteiger partial charge in [0.1, 0.15) is 16.5 Å². The summed E-state index contributed by atoms with van der Waals surface area (Å²) in [6, 6.07) is 16.6. The van der Waals surface area contributed by atoms with Crippen LogP contribution in [0.4, 0.5) is 8.78 Å². The summed E-state index contributed by atoms with van der Waals surface area (Å²) < 4.78 is 54.7. The molecular weight excluding hydrogens is 477 g/mol. The molecule has 4 rings (SSSR count). The number of hydrogen-bond donors (Lipinski definition) is 0. The number of nitrogens with zero attached hydrogens (tertiary/aromatic N) is 2. The summed E-state index contributed by atoms with van der Waals surface area (Å²) >= 11 is 12.3. The third-order valence-electron chi connectivity index (χ3n) is 5.53. The molecule has 0 aromatic heterocycles. The van der Waals surface area contributed by atoms with E-state index in [9.17, 15) is 17.2 Å². The first-order valence-corrected chi connectivity index (χ1v) is 12.2. The lowest BCUT2D eigenvalue weighted by molar-refractivity contribution is 0.155. The van der Waals surface area contributed by atoms with E-state index in [1.807, 2.05) is 0 Å². The first kappa shape index (κ1) is 23.1. The van der Waals surface area contributed by atoms with Crippen LogP contribution in [0.2, 0.25) is 10.0 Å². The van der Waals surface area contributed by atoms with E-state index in [0.717, 1.165) is 11.1 Å². The van der Waals surface area contributed by atoms with Gasteiger partial charge in [0.15, 0.2) is 0 Å². The molecule has 0 radical (unpaired) electrons. The zero-order valence-corrected chi connectivity index (χ0v) is 19.2. The van der Waals surface area contributed by atoms with E-state index in [-0.39, 0.29) is 45.7 Å². The summed E-state index contributed by atoms with van der Waals surface area (Å²) in [6.07, 6.45) is 0. The lowest BCUT2D eigenvalue weighted by Crippen LogP contribution is -2.49. The molecule has 1 fully saturated rings. The quantitative estimate of drug-likeness (QED) is 0.476.